The van der Waals surface area contributed by atoms with Gasteiger partial charge in [-0.25, -0.2) is 9.97 Å². The van der Waals surface area contributed by atoms with Crippen molar-refractivity contribution in [1.29, 1.82) is 0 Å². The zero-order valence-electron chi connectivity index (χ0n) is 19.1. The van der Waals surface area contributed by atoms with E-state index in [0.29, 0.717) is 11.6 Å². The first-order valence-corrected chi connectivity index (χ1v) is 10.9. The summed E-state index contributed by atoms with van der Waals surface area (Å²) in [7, 11) is 1.75. The number of aryl methyl sites for hydroxylation is 1. The molecule has 0 radical (unpaired) electrons. The van der Waals surface area contributed by atoms with Gasteiger partial charge < -0.3 is 24.8 Å². The summed E-state index contributed by atoms with van der Waals surface area (Å²) in [5.74, 6) is 0.567. The highest BCUT2D eigenvalue weighted by Gasteiger charge is 2.23. The minimum Gasteiger partial charge on any atom is -0.488 e. The Labute approximate surface area is 196 Å². The Kier molecular flexibility index (Phi) is 6.73. The van der Waals surface area contributed by atoms with Crippen molar-refractivity contribution in [2.75, 3.05) is 18.4 Å². The highest BCUT2D eigenvalue weighted by Crippen LogP contribution is 2.28. The second-order valence-corrected chi connectivity index (χ2v) is 8.07. The number of carbonyl (C=O) groups is 2. The lowest BCUT2D eigenvalue weighted by molar-refractivity contribution is 0.0602. The molecule has 0 aliphatic carbocycles. The van der Waals surface area contributed by atoms with Gasteiger partial charge in [0.2, 0.25) is 5.88 Å². The average molecular weight is 466 g/mol. The molecule has 2 N–H and O–H groups in total. The first kappa shape index (κ1) is 23.2. The first-order chi connectivity index (χ1) is 16.3. The Morgan fingerprint density at radius 1 is 1.12 bits per heavy atom. The van der Waals surface area contributed by atoms with Crippen LogP contribution in [-0.2, 0) is 7.05 Å². The molecule has 2 atom stereocenters. The number of nitrogens with zero attached hydrogens (tertiary/aromatic N) is 5. The average Bonchev–Trinajstić information content (AvgIpc) is 3.17. The molecule has 1 aromatic carbocycles. The third kappa shape index (κ3) is 5.49. The highest BCUT2D eigenvalue weighted by atomic mass is 16.5. The molecule has 11 nitrogen and oxygen atoms in total. The molecule has 1 fully saturated rings. The number of amides is 2. The highest BCUT2D eigenvalue weighted by molar-refractivity contribution is 6.04. The fraction of sp³-hybridized carbons (Fsp3) is 0.348. The van der Waals surface area contributed by atoms with Crippen molar-refractivity contribution in [3.63, 3.8) is 0 Å². The molecule has 0 saturated carbocycles. The van der Waals surface area contributed by atoms with Crippen molar-refractivity contribution in [2.45, 2.75) is 32.5 Å². The van der Waals surface area contributed by atoms with Crippen LogP contribution in [0.2, 0.25) is 0 Å². The van der Waals surface area contributed by atoms with Gasteiger partial charge in [0, 0.05) is 44.0 Å². The van der Waals surface area contributed by atoms with Crippen LogP contribution in [0.3, 0.4) is 0 Å². The summed E-state index contributed by atoms with van der Waals surface area (Å²) in [5.41, 5.74) is 0.499. The molecule has 2 unspecified atom stereocenters. The van der Waals surface area contributed by atoms with E-state index in [1.165, 1.54) is 18.5 Å². The van der Waals surface area contributed by atoms with Crippen LogP contribution in [0.5, 0.6) is 17.4 Å². The molecular formula is C23H26N6O5. The Bertz CT molecular complexity index is 1170. The third-order valence-electron chi connectivity index (χ3n) is 5.31. The van der Waals surface area contributed by atoms with Crippen molar-refractivity contribution in [2.24, 2.45) is 7.05 Å². The minimum absolute atomic E-state index is 0.150. The standard InChI is InChI=1S/C23H26N6O5/c1-14(30)15(2)33-17-9-16(22(31)26-20-5-8-28(3)27-20)10-18(11-17)34-21-13-24-19(12-25-21)23(32)29-6-4-7-29/h5,8-15,30H,4,6-7H2,1-3H3,(H,26,27,31). The van der Waals surface area contributed by atoms with Crippen molar-refractivity contribution >= 4 is 17.6 Å². The number of carbonyl (C=O) groups excluding carboxylic acids is 2. The normalized spacial score (nSPS) is 14.6. The van der Waals surface area contributed by atoms with Crippen molar-refractivity contribution < 1.29 is 24.2 Å². The minimum atomic E-state index is -0.724. The number of nitrogens with one attached hydrogen (secondary N) is 1. The molecule has 0 bridgehead atoms. The van der Waals surface area contributed by atoms with E-state index in [4.69, 9.17) is 9.47 Å². The number of hydrogen-bond donors (Lipinski definition) is 2. The number of benzene rings is 1. The molecule has 2 amide bonds. The molecule has 11 heteroatoms. The number of ether oxygens (including phenoxy) is 2. The maximum absolute atomic E-state index is 12.8. The summed E-state index contributed by atoms with van der Waals surface area (Å²) in [5, 5.41) is 16.7. The van der Waals surface area contributed by atoms with Crippen LogP contribution in [0.4, 0.5) is 5.82 Å². The molecule has 34 heavy (non-hydrogen) atoms. The maximum Gasteiger partial charge on any atom is 0.274 e. The number of aliphatic hydroxyl groups is 1. The summed E-state index contributed by atoms with van der Waals surface area (Å²) < 4.78 is 13.2. The molecule has 1 aliphatic rings. The summed E-state index contributed by atoms with van der Waals surface area (Å²) in [6, 6.07) is 6.32. The SMILES string of the molecule is CC(O)C(C)Oc1cc(Oc2cnc(C(=O)N3CCC3)cn2)cc(C(=O)Nc2ccn(C)n2)c1. The van der Waals surface area contributed by atoms with E-state index in [2.05, 4.69) is 20.4 Å². The predicted molar refractivity (Wildman–Crippen MR) is 122 cm³/mol. The second-order valence-electron chi connectivity index (χ2n) is 8.07. The molecule has 178 valence electrons. The second kappa shape index (κ2) is 9.87. The molecule has 4 rings (SSSR count). The molecule has 2 aromatic heterocycles. The largest absolute Gasteiger partial charge is 0.488 e. The van der Waals surface area contributed by atoms with E-state index in [1.807, 2.05) is 0 Å². The van der Waals surface area contributed by atoms with E-state index in [9.17, 15) is 14.7 Å². The zero-order chi connectivity index (χ0) is 24.2. The van der Waals surface area contributed by atoms with Crippen molar-refractivity contribution in [1.82, 2.24) is 24.6 Å². The van der Waals surface area contributed by atoms with Gasteiger partial charge in [-0.2, -0.15) is 5.10 Å². The Balaban J connectivity index is 1.55. The lowest BCUT2D eigenvalue weighted by atomic mass is 10.1. The van der Waals surface area contributed by atoms with Gasteiger partial charge in [0.05, 0.1) is 18.5 Å². The quantitative estimate of drug-likeness (QED) is 0.517. The first-order valence-electron chi connectivity index (χ1n) is 10.9. The number of aliphatic hydroxyl groups excluding tert-OH is 1. The maximum atomic E-state index is 12.8. The van der Waals surface area contributed by atoms with E-state index in [-0.39, 0.29) is 28.8 Å². The van der Waals surface area contributed by atoms with Gasteiger partial charge in [0.15, 0.2) is 5.82 Å². The van der Waals surface area contributed by atoms with E-state index in [1.54, 1.807) is 54.9 Å². The van der Waals surface area contributed by atoms with Gasteiger partial charge in [-0.1, -0.05) is 0 Å². The van der Waals surface area contributed by atoms with E-state index in [0.717, 1.165) is 19.5 Å². The third-order valence-corrected chi connectivity index (χ3v) is 5.31. The van der Waals surface area contributed by atoms with Crippen LogP contribution in [-0.4, -0.2) is 66.9 Å². The van der Waals surface area contributed by atoms with Crippen LogP contribution in [0, 0.1) is 0 Å². The van der Waals surface area contributed by atoms with Gasteiger partial charge in [-0.05, 0) is 32.4 Å². The van der Waals surface area contributed by atoms with E-state index < -0.39 is 18.1 Å². The lowest BCUT2D eigenvalue weighted by Gasteiger charge is -2.30. The Hall–Kier alpha value is -3.99. The van der Waals surface area contributed by atoms with E-state index >= 15 is 0 Å². The topological polar surface area (TPSA) is 132 Å². The van der Waals surface area contributed by atoms with Gasteiger partial charge in [-0.15, -0.1) is 0 Å². The summed E-state index contributed by atoms with van der Waals surface area (Å²) >= 11 is 0. The van der Waals surface area contributed by atoms with Crippen LogP contribution < -0.4 is 14.8 Å². The molecule has 3 aromatic rings. The van der Waals surface area contributed by atoms with Crippen LogP contribution in [0.1, 0.15) is 41.1 Å². The Morgan fingerprint density at radius 3 is 2.47 bits per heavy atom. The van der Waals surface area contributed by atoms with Gasteiger partial charge in [-0.3, -0.25) is 14.3 Å². The van der Waals surface area contributed by atoms with Crippen LogP contribution in [0.15, 0.2) is 42.9 Å². The summed E-state index contributed by atoms with van der Waals surface area (Å²) in [6.07, 6.45) is 4.17. The van der Waals surface area contributed by atoms with Crippen molar-refractivity contribution in [3.05, 3.63) is 54.1 Å². The number of likely N-dealkylation sites (tertiary alicyclic amines) is 1. The zero-order valence-corrected chi connectivity index (χ0v) is 19.1. The van der Waals surface area contributed by atoms with Gasteiger partial charge >= 0.3 is 0 Å². The van der Waals surface area contributed by atoms with Crippen LogP contribution >= 0.6 is 0 Å². The van der Waals surface area contributed by atoms with Gasteiger partial charge in [0.1, 0.15) is 23.3 Å². The molecule has 0 spiro atoms. The van der Waals surface area contributed by atoms with Crippen LogP contribution in [0.25, 0.3) is 0 Å². The van der Waals surface area contributed by atoms with Gasteiger partial charge in [0.25, 0.3) is 11.8 Å². The number of rotatable bonds is 8. The predicted octanol–water partition coefficient (Wildman–Crippen LogP) is 2.25. The summed E-state index contributed by atoms with van der Waals surface area (Å²) in [4.78, 5) is 35.1. The number of hydrogen-bond acceptors (Lipinski definition) is 8. The smallest absolute Gasteiger partial charge is 0.274 e. The summed E-state index contributed by atoms with van der Waals surface area (Å²) in [6.45, 7) is 4.77. The molecule has 1 aliphatic heterocycles. The fourth-order valence-electron chi connectivity index (χ4n) is 3.09. The Morgan fingerprint density at radius 2 is 1.88 bits per heavy atom. The van der Waals surface area contributed by atoms with Crippen molar-refractivity contribution in [3.8, 4) is 17.4 Å². The molecular weight excluding hydrogens is 440 g/mol. The monoisotopic (exact) mass is 466 g/mol. The lowest BCUT2D eigenvalue weighted by Crippen LogP contribution is -2.42. The number of aromatic nitrogens is 4. The fourth-order valence-corrected chi connectivity index (χ4v) is 3.09. The number of anilines is 1. The molecule has 1 saturated heterocycles. The molecule has 3 heterocycles.